The smallest absolute Gasteiger partial charge is 0.138 e. The Balaban J connectivity index is 1.78. The van der Waals surface area contributed by atoms with Gasteiger partial charge in [-0.25, -0.2) is 4.39 Å². The van der Waals surface area contributed by atoms with Crippen LogP contribution in [0.4, 0.5) is 4.39 Å². The monoisotopic (exact) mass is 343 g/mol. The van der Waals surface area contributed by atoms with Crippen LogP contribution >= 0.6 is 11.8 Å². The molecule has 120 valence electrons. The highest BCUT2D eigenvalue weighted by molar-refractivity contribution is 8.03. The number of hydrogen-bond acceptors (Lipinski definition) is 2. The van der Waals surface area contributed by atoms with Gasteiger partial charge in [0.1, 0.15) is 11.2 Å². The van der Waals surface area contributed by atoms with Gasteiger partial charge in [0.2, 0.25) is 0 Å². The Kier molecular flexibility index (Phi) is 5.19. The van der Waals surface area contributed by atoms with Crippen molar-refractivity contribution in [2.75, 3.05) is 0 Å². The SMILES string of the molecule is Cc1ccc(-c2ccc(C#Cc3ccc(SC#N)cc3)cc2)c(F)c1. The maximum atomic E-state index is 14.0. The molecular weight excluding hydrogens is 329 g/mol. The zero-order valence-electron chi connectivity index (χ0n) is 13.6. The molecule has 0 saturated carbocycles. The van der Waals surface area contributed by atoms with Gasteiger partial charge in [0.25, 0.3) is 0 Å². The van der Waals surface area contributed by atoms with E-state index in [0.29, 0.717) is 5.56 Å². The van der Waals surface area contributed by atoms with Crippen molar-refractivity contribution in [3.63, 3.8) is 0 Å². The molecule has 0 bridgehead atoms. The number of hydrogen-bond donors (Lipinski definition) is 0. The average Bonchev–Trinajstić information content (AvgIpc) is 2.62. The van der Waals surface area contributed by atoms with Crippen LogP contribution in [0, 0.1) is 35.2 Å². The molecule has 0 aliphatic heterocycles. The maximum Gasteiger partial charge on any atom is 0.138 e. The highest BCUT2D eigenvalue weighted by Gasteiger charge is 2.04. The molecule has 3 aromatic rings. The van der Waals surface area contributed by atoms with Gasteiger partial charge >= 0.3 is 0 Å². The van der Waals surface area contributed by atoms with Crippen molar-refractivity contribution in [1.82, 2.24) is 0 Å². The van der Waals surface area contributed by atoms with Crippen LogP contribution in [-0.4, -0.2) is 0 Å². The molecule has 1 nitrogen and oxygen atoms in total. The minimum atomic E-state index is -0.214. The lowest BCUT2D eigenvalue weighted by atomic mass is 10.0. The summed E-state index contributed by atoms with van der Waals surface area (Å²) in [5.41, 5.74) is 4.09. The van der Waals surface area contributed by atoms with Gasteiger partial charge in [-0.1, -0.05) is 36.1 Å². The van der Waals surface area contributed by atoms with E-state index in [1.807, 2.05) is 66.9 Å². The summed E-state index contributed by atoms with van der Waals surface area (Å²) in [6.07, 6.45) is 0. The lowest BCUT2D eigenvalue weighted by Crippen LogP contribution is -1.86. The molecule has 3 rings (SSSR count). The minimum Gasteiger partial charge on any atom is -0.206 e. The summed E-state index contributed by atoms with van der Waals surface area (Å²) in [6.45, 7) is 1.87. The van der Waals surface area contributed by atoms with E-state index < -0.39 is 0 Å². The van der Waals surface area contributed by atoms with Crippen molar-refractivity contribution in [2.45, 2.75) is 11.8 Å². The van der Waals surface area contributed by atoms with Crippen LogP contribution in [0.3, 0.4) is 0 Å². The van der Waals surface area contributed by atoms with E-state index >= 15 is 0 Å². The van der Waals surface area contributed by atoms with E-state index in [1.54, 1.807) is 6.07 Å². The van der Waals surface area contributed by atoms with Crippen LogP contribution in [0.25, 0.3) is 11.1 Å². The molecule has 0 aromatic heterocycles. The van der Waals surface area contributed by atoms with Crippen molar-refractivity contribution in [3.05, 3.63) is 89.2 Å². The van der Waals surface area contributed by atoms with Gasteiger partial charge in [-0.2, -0.15) is 5.26 Å². The summed E-state index contributed by atoms with van der Waals surface area (Å²) in [7, 11) is 0. The first-order valence-corrected chi connectivity index (χ1v) is 8.52. The van der Waals surface area contributed by atoms with E-state index in [1.165, 1.54) is 6.07 Å². The Bertz CT molecular complexity index is 987. The van der Waals surface area contributed by atoms with E-state index in [2.05, 4.69) is 11.8 Å². The summed E-state index contributed by atoms with van der Waals surface area (Å²) in [5, 5.41) is 10.7. The molecule has 0 fully saturated rings. The van der Waals surface area contributed by atoms with Gasteiger partial charge in [-0.3, -0.25) is 0 Å². The van der Waals surface area contributed by atoms with Crippen molar-refractivity contribution in [3.8, 4) is 28.4 Å². The number of thiocyanates is 1. The average molecular weight is 343 g/mol. The maximum absolute atomic E-state index is 14.0. The molecular formula is C22H14FNS. The molecule has 0 N–H and O–H groups in total. The summed E-state index contributed by atoms with van der Waals surface area (Å²) in [6, 6.07) is 20.3. The van der Waals surface area contributed by atoms with Crippen LogP contribution in [0.15, 0.2) is 71.6 Å². The molecule has 0 spiro atoms. The van der Waals surface area contributed by atoms with Gasteiger partial charge in [-0.05, 0) is 72.3 Å². The molecule has 3 aromatic carbocycles. The molecule has 0 radical (unpaired) electrons. The number of halogens is 1. The molecule has 0 saturated heterocycles. The number of aryl methyl sites for hydroxylation is 1. The van der Waals surface area contributed by atoms with Crippen molar-refractivity contribution in [2.24, 2.45) is 0 Å². The third kappa shape index (κ3) is 4.29. The molecule has 0 aliphatic carbocycles. The first-order chi connectivity index (χ1) is 12.2. The summed E-state index contributed by atoms with van der Waals surface area (Å²) >= 11 is 1.13. The zero-order valence-corrected chi connectivity index (χ0v) is 14.4. The number of rotatable bonds is 2. The van der Waals surface area contributed by atoms with Gasteiger partial charge in [-0.15, -0.1) is 0 Å². The fourth-order valence-corrected chi connectivity index (χ4v) is 2.77. The Morgan fingerprint density at radius 2 is 1.44 bits per heavy atom. The highest BCUT2D eigenvalue weighted by Crippen LogP contribution is 2.24. The summed E-state index contributed by atoms with van der Waals surface area (Å²) in [4.78, 5) is 0.900. The molecule has 0 atom stereocenters. The molecule has 3 heteroatoms. The first kappa shape index (κ1) is 16.8. The number of thioether (sulfide) groups is 1. The van der Waals surface area contributed by atoms with Crippen LogP contribution in [0.5, 0.6) is 0 Å². The Labute approximate surface area is 151 Å². The van der Waals surface area contributed by atoms with E-state index in [-0.39, 0.29) is 5.82 Å². The standard InChI is InChI=1S/C22H14FNS/c1-16-2-13-21(22(23)14-16)19-9-5-17(6-10-19)3-4-18-7-11-20(12-8-18)25-15-24/h2,5-14H,1H3. The quantitative estimate of drug-likeness (QED) is 0.335. The topological polar surface area (TPSA) is 23.8 Å². The number of benzene rings is 3. The predicted molar refractivity (Wildman–Crippen MR) is 100 cm³/mol. The van der Waals surface area contributed by atoms with Gasteiger partial charge in [0.05, 0.1) is 0 Å². The van der Waals surface area contributed by atoms with Crippen molar-refractivity contribution < 1.29 is 4.39 Å². The lowest BCUT2D eigenvalue weighted by molar-refractivity contribution is 0.630. The summed E-state index contributed by atoms with van der Waals surface area (Å²) in [5.74, 6) is 5.98. The highest BCUT2D eigenvalue weighted by atomic mass is 32.2. The van der Waals surface area contributed by atoms with Crippen LogP contribution in [0.2, 0.25) is 0 Å². The van der Waals surface area contributed by atoms with Crippen molar-refractivity contribution >= 4 is 11.8 Å². The fraction of sp³-hybridized carbons (Fsp3) is 0.0455. The third-order valence-corrected chi connectivity index (χ3v) is 4.29. The molecule has 0 amide bonds. The fourth-order valence-electron chi connectivity index (χ4n) is 2.39. The van der Waals surface area contributed by atoms with Crippen LogP contribution in [0.1, 0.15) is 16.7 Å². The second-order valence-corrected chi connectivity index (χ2v) is 6.39. The van der Waals surface area contributed by atoms with Crippen LogP contribution < -0.4 is 0 Å². The Morgan fingerprint density at radius 3 is 2.00 bits per heavy atom. The van der Waals surface area contributed by atoms with Gasteiger partial charge < -0.3 is 0 Å². The molecule has 0 unspecified atom stereocenters. The Morgan fingerprint density at radius 1 is 0.840 bits per heavy atom. The van der Waals surface area contributed by atoms with Crippen molar-refractivity contribution in [1.29, 1.82) is 5.26 Å². The normalized spacial score (nSPS) is 9.80. The zero-order chi connectivity index (χ0) is 17.6. The number of nitriles is 1. The first-order valence-electron chi connectivity index (χ1n) is 7.70. The van der Waals surface area contributed by atoms with Gasteiger partial charge in [0.15, 0.2) is 0 Å². The molecule has 25 heavy (non-hydrogen) atoms. The Hall–Kier alpha value is -3.01. The predicted octanol–water partition coefficient (Wildman–Crippen LogP) is 5.77. The number of nitrogens with zero attached hydrogens (tertiary/aromatic N) is 1. The summed E-state index contributed by atoms with van der Waals surface area (Å²) < 4.78 is 14.0. The second-order valence-electron chi connectivity index (χ2n) is 5.53. The van der Waals surface area contributed by atoms with E-state index in [9.17, 15) is 4.39 Å². The minimum absolute atomic E-state index is 0.214. The molecule has 0 heterocycles. The third-order valence-electron chi connectivity index (χ3n) is 3.69. The van der Waals surface area contributed by atoms with Gasteiger partial charge in [0, 0.05) is 21.6 Å². The van der Waals surface area contributed by atoms with E-state index in [4.69, 9.17) is 5.26 Å². The lowest BCUT2D eigenvalue weighted by Gasteiger charge is -2.04. The van der Waals surface area contributed by atoms with E-state index in [0.717, 1.165) is 38.9 Å². The van der Waals surface area contributed by atoms with Crippen LogP contribution in [-0.2, 0) is 0 Å². The second kappa shape index (κ2) is 7.71. The largest absolute Gasteiger partial charge is 0.206 e. The molecule has 0 aliphatic rings.